The summed E-state index contributed by atoms with van der Waals surface area (Å²) in [5, 5.41) is 7.06. The number of fused-ring (bicyclic) bond motifs is 2. The van der Waals surface area contributed by atoms with E-state index >= 15 is 0 Å². The van der Waals surface area contributed by atoms with Gasteiger partial charge in [-0.05, 0) is 82.5 Å². The van der Waals surface area contributed by atoms with Crippen LogP contribution in [0, 0.1) is 5.92 Å². The maximum absolute atomic E-state index is 5.93. The van der Waals surface area contributed by atoms with Gasteiger partial charge in [-0.2, -0.15) is 0 Å². The molecule has 0 saturated carbocycles. The van der Waals surface area contributed by atoms with Crippen LogP contribution >= 0.6 is 0 Å². The first-order valence-electron chi connectivity index (χ1n) is 11.7. The lowest BCUT2D eigenvalue weighted by atomic mass is 9.90. The van der Waals surface area contributed by atoms with Crippen molar-refractivity contribution in [1.29, 1.82) is 0 Å². The second kappa shape index (κ2) is 10.4. The van der Waals surface area contributed by atoms with E-state index in [9.17, 15) is 0 Å². The molecule has 3 aliphatic rings. The topological polar surface area (TPSA) is 48.9 Å². The molecule has 3 aliphatic heterocycles. The van der Waals surface area contributed by atoms with Crippen molar-refractivity contribution < 1.29 is 4.74 Å². The summed E-state index contributed by atoms with van der Waals surface area (Å²) in [6.07, 6.45) is 10.8. The molecule has 4 rings (SSSR count). The van der Waals surface area contributed by atoms with E-state index in [1.807, 2.05) is 7.05 Å². The number of guanidine groups is 1. The number of rotatable bonds is 8. The fourth-order valence-corrected chi connectivity index (χ4v) is 5.19. The van der Waals surface area contributed by atoms with Gasteiger partial charge in [-0.3, -0.25) is 4.99 Å². The molecule has 29 heavy (non-hydrogen) atoms. The van der Waals surface area contributed by atoms with Crippen LogP contribution in [0.1, 0.15) is 50.5 Å². The van der Waals surface area contributed by atoms with Gasteiger partial charge < -0.3 is 20.3 Å². The van der Waals surface area contributed by atoms with Crippen molar-refractivity contribution >= 4 is 5.96 Å². The van der Waals surface area contributed by atoms with Gasteiger partial charge in [0.05, 0.1) is 18.2 Å². The number of nitrogens with one attached hydrogen (secondary N) is 2. The predicted octanol–water partition coefficient (Wildman–Crippen LogP) is 3.21. The predicted molar refractivity (Wildman–Crippen MR) is 119 cm³/mol. The van der Waals surface area contributed by atoms with Crippen molar-refractivity contribution in [2.24, 2.45) is 10.9 Å². The molecule has 3 unspecified atom stereocenters. The number of hydrogen-bond donors (Lipinski definition) is 2. The Hall–Kier alpha value is -1.59. The van der Waals surface area contributed by atoms with Crippen LogP contribution in [0.15, 0.2) is 35.3 Å². The maximum atomic E-state index is 5.93. The highest BCUT2D eigenvalue weighted by Crippen LogP contribution is 2.34. The second-order valence-corrected chi connectivity index (χ2v) is 9.04. The lowest BCUT2D eigenvalue weighted by Gasteiger charge is -2.32. The van der Waals surface area contributed by atoms with Crippen LogP contribution in [0.4, 0.5) is 0 Å². The number of likely N-dealkylation sites (tertiary alicyclic amines) is 1. The summed E-state index contributed by atoms with van der Waals surface area (Å²) in [4.78, 5) is 7.05. The van der Waals surface area contributed by atoms with Gasteiger partial charge >= 0.3 is 0 Å². The number of ether oxygens (including phenoxy) is 1. The lowest BCUT2D eigenvalue weighted by Crippen LogP contribution is -2.47. The van der Waals surface area contributed by atoms with Gasteiger partial charge in [-0.15, -0.1) is 0 Å². The molecule has 1 aromatic rings. The zero-order chi connectivity index (χ0) is 19.9. The van der Waals surface area contributed by atoms with E-state index in [4.69, 9.17) is 4.74 Å². The third kappa shape index (κ3) is 5.95. The zero-order valence-corrected chi connectivity index (χ0v) is 18.0. The summed E-state index contributed by atoms with van der Waals surface area (Å²) in [6, 6.07) is 11.4. The number of hydrogen-bond acceptors (Lipinski definition) is 3. The Balaban J connectivity index is 1.05. The quantitative estimate of drug-likeness (QED) is 0.401. The van der Waals surface area contributed by atoms with Crippen LogP contribution in [0.25, 0.3) is 0 Å². The fraction of sp³-hybridized carbons (Fsp3) is 0.708. The van der Waals surface area contributed by atoms with E-state index in [-0.39, 0.29) is 0 Å². The Morgan fingerprint density at radius 2 is 1.93 bits per heavy atom. The van der Waals surface area contributed by atoms with E-state index in [0.717, 1.165) is 24.8 Å². The summed E-state index contributed by atoms with van der Waals surface area (Å²) in [7, 11) is 1.86. The Morgan fingerprint density at radius 3 is 2.62 bits per heavy atom. The highest BCUT2D eigenvalue weighted by atomic mass is 16.5. The molecular weight excluding hydrogens is 360 g/mol. The monoisotopic (exact) mass is 398 g/mol. The second-order valence-electron chi connectivity index (χ2n) is 9.04. The molecule has 2 bridgehead atoms. The smallest absolute Gasteiger partial charge is 0.191 e. The molecule has 0 aliphatic carbocycles. The zero-order valence-electron chi connectivity index (χ0n) is 18.0. The molecule has 5 nitrogen and oxygen atoms in total. The Morgan fingerprint density at radius 1 is 1.10 bits per heavy atom. The first-order valence-corrected chi connectivity index (χ1v) is 11.7. The standard InChI is InChI=1S/C24H38N4O/c1-25-24(27-22-18-21-9-10-23(22)29-21)26-13-5-6-14-28-15-11-20(12-16-28)17-19-7-3-2-4-8-19/h2-4,7-8,20-23H,5-6,9-18H2,1H3,(H2,25,26,27). The van der Waals surface area contributed by atoms with Crippen LogP contribution in [-0.4, -0.2) is 62.3 Å². The van der Waals surface area contributed by atoms with Crippen LogP contribution in [-0.2, 0) is 11.2 Å². The molecule has 3 atom stereocenters. The van der Waals surface area contributed by atoms with E-state index in [1.165, 1.54) is 70.1 Å². The molecule has 160 valence electrons. The summed E-state index contributed by atoms with van der Waals surface area (Å²) >= 11 is 0. The number of aliphatic imine (C=N–C) groups is 1. The third-order valence-corrected chi connectivity index (χ3v) is 6.92. The van der Waals surface area contributed by atoms with Crippen molar-refractivity contribution in [2.45, 2.75) is 69.6 Å². The molecule has 0 amide bonds. The average Bonchev–Trinajstić information content (AvgIpc) is 3.38. The number of piperidine rings is 1. The van der Waals surface area contributed by atoms with Crippen LogP contribution in [0.3, 0.4) is 0 Å². The lowest BCUT2D eigenvalue weighted by molar-refractivity contribution is 0.0992. The molecule has 0 spiro atoms. The largest absolute Gasteiger partial charge is 0.373 e. The van der Waals surface area contributed by atoms with Crippen molar-refractivity contribution in [3.63, 3.8) is 0 Å². The number of nitrogens with zero attached hydrogens (tertiary/aromatic N) is 2. The molecule has 3 fully saturated rings. The molecule has 5 heteroatoms. The minimum atomic E-state index is 0.392. The minimum Gasteiger partial charge on any atom is -0.373 e. The van der Waals surface area contributed by atoms with E-state index in [2.05, 4.69) is 50.9 Å². The van der Waals surface area contributed by atoms with Crippen molar-refractivity contribution in [3.8, 4) is 0 Å². The van der Waals surface area contributed by atoms with Gasteiger partial charge in [0.25, 0.3) is 0 Å². The SMILES string of the molecule is CN=C(NCCCCN1CCC(Cc2ccccc2)CC1)NC1CC2CCC1O2. The van der Waals surface area contributed by atoms with Gasteiger partial charge in [0.1, 0.15) is 0 Å². The fourth-order valence-electron chi connectivity index (χ4n) is 5.19. The van der Waals surface area contributed by atoms with Crippen LogP contribution in [0.2, 0.25) is 0 Å². The van der Waals surface area contributed by atoms with Gasteiger partial charge in [0.2, 0.25) is 0 Å². The molecular formula is C24H38N4O. The highest BCUT2D eigenvalue weighted by molar-refractivity contribution is 5.80. The Kier molecular flexibility index (Phi) is 7.44. The third-order valence-electron chi connectivity index (χ3n) is 6.92. The average molecular weight is 399 g/mol. The minimum absolute atomic E-state index is 0.392. The molecule has 1 aromatic carbocycles. The summed E-state index contributed by atoms with van der Waals surface area (Å²) in [5.74, 6) is 1.80. The van der Waals surface area contributed by atoms with E-state index < -0.39 is 0 Å². The maximum Gasteiger partial charge on any atom is 0.191 e. The van der Waals surface area contributed by atoms with Gasteiger partial charge in [-0.1, -0.05) is 30.3 Å². The van der Waals surface area contributed by atoms with E-state index in [0.29, 0.717) is 18.2 Å². The van der Waals surface area contributed by atoms with Crippen molar-refractivity contribution in [1.82, 2.24) is 15.5 Å². The van der Waals surface area contributed by atoms with E-state index in [1.54, 1.807) is 0 Å². The number of unbranched alkanes of at least 4 members (excludes halogenated alkanes) is 1. The van der Waals surface area contributed by atoms with Crippen LogP contribution in [0.5, 0.6) is 0 Å². The Bertz CT molecular complexity index is 642. The summed E-state index contributed by atoms with van der Waals surface area (Å²) < 4.78 is 5.93. The first-order chi connectivity index (χ1) is 14.3. The Labute approximate surface area is 176 Å². The molecule has 3 heterocycles. The first kappa shape index (κ1) is 20.7. The van der Waals surface area contributed by atoms with Crippen molar-refractivity contribution in [2.75, 3.05) is 33.2 Å². The molecule has 0 aromatic heterocycles. The molecule has 0 radical (unpaired) electrons. The summed E-state index contributed by atoms with van der Waals surface area (Å²) in [5.41, 5.74) is 1.50. The van der Waals surface area contributed by atoms with Gasteiger partial charge in [-0.25, -0.2) is 0 Å². The molecule has 2 N–H and O–H groups in total. The van der Waals surface area contributed by atoms with Crippen LogP contribution < -0.4 is 10.6 Å². The number of benzene rings is 1. The summed E-state index contributed by atoms with van der Waals surface area (Å²) in [6.45, 7) is 4.74. The van der Waals surface area contributed by atoms with Crippen molar-refractivity contribution in [3.05, 3.63) is 35.9 Å². The normalized spacial score (nSPS) is 28.0. The van der Waals surface area contributed by atoms with Gasteiger partial charge in [0.15, 0.2) is 5.96 Å². The highest BCUT2D eigenvalue weighted by Gasteiger charge is 2.41. The molecule has 3 saturated heterocycles. The van der Waals surface area contributed by atoms with Gasteiger partial charge in [0, 0.05) is 13.6 Å².